The van der Waals surface area contributed by atoms with Crippen molar-refractivity contribution in [3.05, 3.63) is 28.8 Å². The van der Waals surface area contributed by atoms with Crippen molar-refractivity contribution in [1.29, 1.82) is 0 Å². The Morgan fingerprint density at radius 1 is 1.24 bits per heavy atom. The molecule has 1 saturated carbocycles. The average molecular weight is 307 g/mol. The van der Waals surface area contributed by atoms with Crippen LogP contribution in [0.5, 0.6) is 0 Å². The summed E-state index contributed by atoms with van der Waals surface area (Å²) in [7, 11) is 0. The van der Waals surface area contributed by atoms with Crippen molar-refractivity contribution < 1.29 is 9.59 Å². The number of nitrogens with two attached hydrogens (primary N) is 1. The van der Waals surface area contributed by atoms with Crippen LogP contribution in [0.1, 0.15) is 31.7 Å². The van der Waals surface area contributed by atoms with Gasteiger partial charge in [-0.25, -0.2) is 0 Å². The number of hydrogen-bond acceptors (Lipinski definition) is 3. The number of rotatable bonds is 3. The summed E-state index contributed by atoms with van der Waals surface area (Å²) in [6, 6.07) is 5.16. The molecule has 4 nitrogen and oxygen atoms in total. The van der Waals surface area contributed by atoms with E-state index in [4.69, 9.17) is 17.3 Å². The van der Waals surface area contributed by atoms with Crippen LogP contribution < -0.4 is 5.73 Å². The number of imide groups is 1. The number of hydrogen-bond donors (Lipinski definition) is 1. The van der Waals surface area contributed by atoms with Gasteiger partial charge in [0.25, 0.3) is 0 Å². The Morgan fingerprint density at radius 3 is 2.38 bits per heavy atom. The molecule has 2 unspecified atom stereocenters. The Balaban J connectivity index is 1.79. The number of anilines is 1. The zero-order valence-electron chi connectivity index (χ0n) is 12.0. The van der Waals surface area contributed by atoms with Crippen molar-refractivity contribution in [1.82, 2.24) is 4.90 Å². The van der Waals surface area contributed by atoms with E-state index in [2.05, 4.69) is 6.92 Å². The van der Waals surface area contributed by atoms with Crippen LogP contribution in [0.2, 0.25) is 5.02 Å². The molecule has 2 atom stereocenters. The van der Waals surface area contributed by atoms with E-state index in [-0.39, 0.29) is 30.2 Å². The molecule has 3 rings (SSSR count). The van der Waals surface area contributed by atoms with Gasteiger partial charge in [0.1, 0.15) is 0 Å². The van der Waals surface area contributed by atoms with Crippen LogP contribution >= 0.6 is 11.6 Å². The van der Waals surface area contributed by atoms with E-state index in [1.165, 1.54) is 4.90 Å². The van der Waals surface area contributed by atoms with Crippen LogP contribution in [0.15, 0.2) is 18.2 Å². The minimum Gasteiger partial charge on any atom is -0.399 e. The fraction of sp³-hybridized carbons (Fsp3) is 0.500. The molecule has 0 spiro atoms. The number of fused-ring (bicyclic) bond motifs is 1. The van der Waals surface area contributed by atoms with E-state index in [0.29, 0.717) is 16.6 Å². The molecule has 1 aromatic rings. The van der Waals surface area contributed by atoms with E-state index in [1.54, 1.807) is 18.2 Å². The Hall–Kier alpha value is -1.55. The smallest absolute Gasteiger partial charge is 0.233 e. The molecule has 1 aliphatic carbocycles. The SMILES string of the molecule is CCC1CC2C(=O)N(Cc3ccc(N)cc3Cl)C(=O)C2C1. The van der Waals surface area contributed by atoms with Gasteiger partial charge in [-0.05, 0) is 36.5 Å². The fourth-order valence-corrected chi connectivity index (χ4v) is 3.80. The molecule has 0 bridgehead atoms. The first kappa shape index (κ1) is 14.4. The summed E-state index contributed by atoms with van der Waals surface area (Å²) in [5, 5.41) is 0.499. The lowest BCUT2D eigenvalue weighted by Crippen LogP contribution is -2.31. The van der Waals surface area contributed by atoms with Gasteiger partial charge in [-0.3, -0.25) is 14.5 Å². The number of nitrogens with zero attached hydrogens (tertiary/aromatic N) is 1. The van der Waals surface area contributed by atoms with E-state index in [9.17, 15) is 9.59 Å². The van der Waals surface area contributed by atoms with Gasteiger partial charge < -0.3 is 5.73 Å². The molecule has 112 valence electrons. The zero-order valence-corrected chi connectivity index (χ0v) is 12.8. The van der Waals surface area contributed by atoms with Crippen LogP contribution in [0.25, 0.3) is 0 Å². The van der Waals surface area contributed by atoms with Crippen LogP contribution in [-0.2, 0) is 16.1 Å². The highest BCUT2D eigenvalue weighted by Gasteiger charge is 2.52. The molecule has 1 heterocycles. The highest BCUT2D eigenvalue weighted by molar-refractivity contribution is 6.31. The fourth-order valence-electron chi connectivity index (χ4n) is 3.55. The highest BCUT2D eigenvalue weighted by atomic mass is 35.5. The van der Waals surface area contributed by atoms with Crippen LogP contribution in [0, 0.1) is 17.8 Å². The van der Waals surface area contributed by atoms with Gasteiger partial charge in [0, 0.05) is 10.7 Å². The van der Waals surface area contributed by atoms with Crippen LogP contribution in [0.4, 0.5) is 5.69 Å². The molecule has 2 aliphatic rings. The first-order chi connectivity index (χ1) is 10.0. The van der Waals surface area contributed by atoms with Gasteiger partial charge in [0.05, 0.1) is 18.4 Å². The zero-order chi connectivity index (χ0) is 15.1. The summed E-state index contributed by atoms with van der Waals surface area (Å²) < 4.78 is 0. The summed E-state index contributed by atoms with van der Waals surface area (Å²) >= 11 is 6.14. The summed E-state index contributed by atoms with van der Waals surface area (Å²) in [6.45, 7) is 2.37. The Morgan fingerprint density at radius 2 is 1.86 bits per heavy atom. The highest BCUT2D eigenvalue weighted by Crippen LogP contribution is 2.44. The Kier molecular flexibility index (Phi) is 3.66. The predicted molar refractivity (Wildman–Crippen MR) is 81.4 cm³/mol. The maximum Gasteiger partial charge on any atom is 0.233 e. The van der Waals surface area contributed by atoms with Gasteiger partial charge in [0.2, 0.25) is 11.8 Å². The monoisotopic (exact) mass is 306 g/mol. The molecule has 1 aliphatic heterocycles. The average Bonchev–Trinajstić information content (AvgIpc) is 2.97. The number of benzene rings is 1. The summed E-state index contributed by atoms with van der Waals surface area (Å²) in [5.74, 6) is 0.211. The molecule has 21 heavy (non-hydrogen) atoms. The largest absolute Gasteiger partial charge is 0.399 e. The minimum absolute atomic E-state index is 0.0335. The number of carbonyl (C=O) groups is 2. The van der Waals surface area contributed by atoms with Crippen molar-refractivity contribution in [2.45, 2.75) is 32.7 Å². The van der Waals surface area contributed by atoms with Crippen molar-refractivity contribution >= 4 is 29.1 Å². The van der Waals surface area contributed by atoms with Crippen molar-refractivity contribution in [2.75, 3.05) is 5.73 Å². The Bertz CT molecular complexity index is 578. The van der Waals surface area contributed by atoms with Crippen molar-refractivity contribution in [3.8, 4) is 0 Å². The second kappa shape index (κ2) is 5.34. The first-order valence-corrected chi connectivity index (χ1v) is 7.78. The minimum atomic E-state index is -0.116. The molecule has 5 heteroatoms. The van der Waals surface area contributed by atoms with Crippen molar-refractivity contribution in [2.24, 2.45) is 17.8 Å². The number of halogens is 1. The molecule has 1 saturated heterocycles. The molecule has 0 radical (unpaired) electrons. The molecule has 1 aromatic carbocycles. The maximum absolute atomic E-state index is 12.5. The van der Waals surface area contributed by atoms with Gasteiger partial charge in [0.15, 0.2) is 0 Å². The topological polar surface area (TPSA) is 63.4 Å². The lowest BCUT2D eigenvalue weighted by atomic mass is 10.00. The second-order valence-electron chi connectivity index (χ2n) is 6.07. The normalized spacial score (nSPS) is 28.3. The third-order valence-corrected chi connectivity index (χ3v) is 5.16. The van der Waals surface area contributed by atoms with Gasteiger partial charge >= 0.3 is 0 Å². The molecular formula is C16H19ClN2O2. The van der Waals surface area contributed by atoms with Gasteiger partial charge in [-0.1, -0.05) is 31.0 Å². The number of amides is 2. The molecular weight excluding hydrogens is 288 g/mol. The molecule has 2 fully saturated rings. The number of carbonyl (C=O) groups excluding carboxylic acids is 2. The lowest BCUT2D eigenvalue weighted by molar-refractivity contribution is -0.141. The summed E-state index contributed by atoms with van der Waals surface area (Å²) in [4.78, 5) is 26.3. The first-order valence-electron chi connectivity index (χ1n) is 7.40. The van der Waals surface area contributed by atoms with Gasteiger partial charge in [-0.15, -0.1) is 0 Å². The quantitative estimate of drug-likeness (QED) is 0.690. The lowest BCUT2D eigenvalue weighted by Gasteiger charge is -2.18. The van der Waals surface area contributed by atoms with Gasteiger partial charge in [-0.2, -0.15) is 0 Å². The summed E-state index contributed by atoms with van der Waals surface area (Å²) in [6.07, 6.45) is 2.73. The molecule has 2 amide bonds. The second-order valence-corrected chi connectivity index (χ2v) is 6.48. The summed E-state index contributed by atoms with van der Waals surface area (Å²) in [5.41, 5.74) is 7.00. The molecule has 2 N–H and O–H groups in total. The predicted octanol–water partition coefficient (Wildman–Crippen LogP) is 2.84. The maximum atomic E-state index is 12.5. The standard InChI is InChI=1S/C16H19ClN2O2/c1-2-9-5-12-13(6-9)16(21)19(15(12)20)8-10-3-4-11(18)7-14(10)17/h3-4,7,9,12-13H,2,5-6,8,18H2,1H3. The number of likely N-dealkylation sites (tertiary alicyclic amines) is 1. The third kappa shape index (κ3) is 2.42. The van der Waals surface area contributed by atoms with E-state index in [0.717, 1.165) is 24.8 Å². The Labute approximate surface area is 129 Å². The third-order valence-electron chi connectivity index (χ3n) is 4.81. The van der Waals surface area contributed by atoms with E-state index < -0.39 is 0 Å². The van der Waals surface area contributed by atoms with E-state index in [1.807, 2.05) is 0 Å². The van der Waals surface area contributed by atoms with E-state index >= 15 is 0 Å². The van der Waals surface area contributed by atoms with Crippen LogP contribution in [-0.4, -0.2) is 16.7 Å². The van der Waals surface area contributed by atoms with Crippen LogP contribution in [0.3, 0.4) is 0 Å². The molecule has 0 aromatic heterocycles. The van der Waals surface area contributed by atoms with Crippen molar-refractivity contribution in [3.63, 3.8) is 0 Å². The number of nitrogen functional groups attached to an aromatic ring is 1.